The van der Waals surface area contributed by atoms with Crippen molar-refractivity contribution in [3.05, 3.63) is 41.0 Å². The number of nitrogens with one attached hydrogen (secondary N) is 1. The van der Waals surface area contributed by atoms with E-state index in [-0.39, 0.29) is 22.2 Å². The van der Waals surface area contributed by atoms with E-state index in [0.717, 1.165) is 0 Å². The predicted molar refractivity (Wildman–Crippen MR) is 80.2 cm³/mol. The maximum atomic E-state index is 12.4. The molecular weight excluding hydrogens is 346 g/mol. The summed E-state index contributed by atoms with van der Waals surface area (Å²) in [6.07, 6.45) is 1.48. The van der Waals surface area contributed by atoms with Crippen molar-refractivity contribution in [3.63, 3.8) is 0 Å². The third-order valence-electron chi connectivity index (χ3n) is 2.50. The zero-order valence-corrected chi connectivity index (χ0v) is 12.9. The van der Waals surface area contributed by atoms with Crippen molar-refractivity contribution in [2.24, 2.45) is 0 Å². The molecule has 0 saturated heterocycles. The minimum absolute atomic E-state index is 0.0117. The molecule has 0 aliphatic heterocycles. The first kappa shape index (κ1) is 14.6. The fourth-order valence-electron chi connectivity index (χ4n) is 1.56. The Bertz CT molecular complexity index is 734. The summed E-state index contributed by atoms with van der Waals surface area (Å²) >= 11 is 3.23. The highest BCUT2D eigenvalue weighted by Crippen LogP contribution is 2.29. The highest BCUT2D eigenvalue weighted by Gasteiger charge is 2.21. The summed E-state index contributed by atoms with van der Waals surface area (Å²) in [4.78, 5) is 3.84. The molecule has 0 radical (unpaired) electrons. The van der Waals surface area contributed by atoms with Crippen molar-refractivity contribution >= 4 is 37.5 Å². The van der Waals surface area contributed by atoms with Gasteiger partial charge >= 0.3 is 0 Å². The Labute approximate surface area is 125 Å². The lowest BCUT2D eigenvalue weighted by atomic mass is 10.3. The van der Waals surface area contributed by atoms with Gasteiger partial charge in [0, 0.05) is 10.7 Å². The van der Waals surface area contributed by atoms with Crippen LogP contribution in [0.1, 0.15) is 0 Å². The molecule has 1 heterocycles. The smallest absolute Gasteiger partial charge is 0.265 e. The maximum Gasteiger partial charge on any atom is 0.265 e. The van der Waals surface area contributed by atoms with E-state index >= 15 is 0 Å². The third-order valence-corrected chi connectivity index (χ3v) is 4.38. The summed E-state index contributed by atoms with van der Waals surface area (Å²) in [5.41, 5.74) is 5.84. The molecule has 2 rings (SSSR count). The number of anilines is 2. The number of hydrogen-bond donors (Lipinski definition) is 2. The molecule has 0 unspecified atom stereocenters. The van der Waals surface area contributed by atoms with Crippen molar-refractivity contribution in [1.82, 2.24) is 4.98 Å². The van der Waals surface area contributed by atoms with Gasteiger partial charge in [0.05, 0.1) is 12.8 Å². The quantitative estimate of drug-likeness (QED) is 0.874. The van der Waals surface area contributed by atoms with E-state index in [1.165, 1.54) is 25.4 Å². The lowest BCUT2D eigenvalue weighted by Gasteiger charge is -2.12. The highest BCUT2D eigenvalue weighted by molar-refractivity contribution is 9.10. The number of benzene rings is 1. The van der Waals surface area contributed by atoms with Crippen LogP contribution in [0, 0.1) is 0 Å². The molecular formula is C12H12BrN3O3S. The van der Waals surface area contributed by atoms with Crippen LogP contribution < -0.4 is 15.2 Å². The van der Waals surface area contributed by atoms with Crippen molar-refractivity contribution in [2.75, 3.05) is 17.6 Å². The molecule has 0 saturated carbocycles. The highest BCUT2D eigenvalue weighted by atomic mass is 79.9. The molecule has 0 amide bonds. The lowest BCUT2D eigenvalue weighted by Crippen LogP contribution is -2.15. The van der Waals surface area contributed by atoms with Crippen LogP contribution in [-0.2, 0) is 10.0 Å². The van der Waals surface area contributed by atoms with Gasteiger partial charge in [-0.3, -0.25) is 4.72 Å². The summed E-state index contributed by atoms with van der Waals surface area (Å²) in [6.45, 7) is 0. The molecule has 6 nitrogen and oxygen atoms in total. The van der Waals surface area contributed by atoms with Gasteiger partial charge in [-0.05, 0) is 30.3 Å². The molecule has 3 N–H and O–H groups in total. The summed E-state index contributed by atoms with van der Waals surface area (Å²) in [6, 6.07) is 7.83. The van der Waals surface area contributed by atoms with Crippen molar-refractivity contribution in [3.8, 4) is 5.75 Å². The number of nitrogens with two attached hydrogens (primary N) is 1. The van der Waals surface area contributed by atoms with E-state index < -0.39 is 10.0 Å². The van der Waals surface area contributed by atoms with Crippen LogP contribution in [0.25, 0.3) is 0 Å². The second-order valence-electron chi connectivity index (χ2n) is 3.84. The molecule has 1 aromatic carbocycles. The number of methoxy groups -OCH3 is 1. The molecule has 0 spiro atoms. The number of ether oxygens (including phenoxy) is 1. The molecule has 0 aliphatic carbocycles. The van der Waals surface area contributed by atoms with Gasteiger partial charge in [0.15, 0.2) is 0 Å². The molecule has 8 heteroatoms. The van der Waals surface area contributed by atoms with Crippen molar-refractivity contribution in [2.45, 2.75) is 4.90 Å². The Kier molecular flexibility index (Phi) is 4.15. The first-order valence-electron chi connectivity index (χ1n) is 5.51. The summed E-state index contributed by atoms with van der Waals surface area (Å²) in [5, 5.41) is 0. The van der Waals surface area contributed by atoms with Crippen LogP contribution in [0.5, 0.6) is 5.75 Å². The van der Waals surface area contributed by atoms with E-state index in [1.807, 2.05) is 0 Å². The molecule has 0 atom stereocenters. The molecule has 2 aromatic rings. The van der Waals surface area contributed by atoms with Gasteiger partial charge in [0.25, 0.3) is 10.0 Å². The Hall–Kier alpha value is -1.80. The van der Waals surface area contributed by atoms with Crippen LogP contribution in [0.15, 0.2) is 45.9 Å². The Morgan fingerprint density at radius 3 is 2.75 bits per heavy atom. The molecule has 20 heavy (non-hydrogen) atoms. The van der Waals surface area contributed by atoms with Gasteiger partial charge in [0.1, 0.15) is 16.5 Å². The van der Waals surface area contributed by atoms with E-state index in [1.54, 1.807) is 18.2 Å². The zero-order valence-electron chi connectivity index (χ0n) is 10.5. The Balaban J connectivity index is 2.46. The van der Waals surface area contributed by atoms with Gasteiger partial charge in [-0.2, -0.15) is 0 Å². The number of rotatable bonds is 4. The molecule has 0 aliphatic rings. The number of hydrogen-bond acceptors (Lipinski definition) is 5. The average molecular weight is 358 g/mol. The minimum atomic E-state index is -3.83. The second-order valence-corrected chi connectivity index (χ2v) is 6.40. The topological polar surface area (TPSA) is 94.3 Å². The summed E-state index contributed by atoms with van der Waals surface area (Å²) in [5.74, 6) is 0.341. The van der Waals surface area contributed by atoms with Gasteiger partial charge in [-0.1, -0.05) is 15.9 Å². The first-order chi connectivity index (χ1) is 9.44. The van der Waals surface area contributed by atoms with Crippen LogP contribution in [0.2, 0.25) is 0 Å². The Morgan fingerprint density at radius 2 is 2.10 bits per heavy atom. The monoisotopic (exact) mass is 357 g/mol. The number of nitrogen functional groups attached to an aromatic ring is 1. The minimum Gasteiger partial charge on any atom is -0.495 e. The van der Waals surface area contributed by atoms with Gasteiger partial charge in [-0.15, -0.1) is 0 Å². The predicted octanol–water partition coefficient (Wildman–Crippen LogP) is 2.24. The number of aromatic nitrogens is 1. The number of halogens is 1. The largest absolute Gasteiger partial charge is 0.495 e. The van der Waals surface area contributed by atoms with Crippen LogP contribution in [0.3, 0.4) is 0 Å². The zero-order chi connectivity index (χ0) is 14.8. The fourth-order valence-corrected chi connectivity index (χ4v) is 3.35. The summed E-state index contributed by atoms with van der Waals surface area (Å²) < 4.78 is 32.9. The SMILES string of the molecule is COc1ccc(Br)cc1S(=O)(=O)Nc1cccnc1N. The van der Waals surface area contributed by atoms with Crippen molar-refractivity contribution < 1.29 is 13.2 Å². The normalized spacial score (nSPS) is 11.1. The number of nitrogens with zero attached hydrogens (tertiary/aromatic N) is 1. The standard InChI is InChI=1S/C12H12BrN3O3S/c1-19-10-5-4-8(13)7-11(10)20(17,18)16-9-3-2-6-15-12(9)14/h2-7,16H,1H3,(H2,14,15). The van der Waals surface area contributed by atoms with Gasteiger partial charge in [0.2, 0.25) is 0 Å². The Morgan fingerprint density at radius 1 is 1.35 bits per heavy atom. The molecule has 0 bridgehead atoms. The van der Waals surface area contributed by atoms with E-state index in [9.17, 15) is 8.42 Å². The summed E-state index contributed by atoms with van der Waals surface area (Å²) in [7, 11) is -2.42. The maximum absolute atomic E-state index is 12.4. The molecule has 106 valence electrons. The van der Waals surface area contributed by atoms with Gasteiger partial charge in [-0.25, -0.2) is 13.4 Å². The first-order valence-corrected chi connectivity index (χ1v) is 7.78. The van der Waals surface area contributed by atoms with Crippen molar-refractivity contribution in [1.29, 1.82) is 0 Å². The second kappa shape index (κ2) is 5.68. The van der Waals surface area contributed by atoms with E-state index in [0.29, 0.717) is 4.47 Å². The van der Waals surface area contributed by atoms with Crippen LogP contribution in [-0.4, -0.2) is 20.5 Å². The van der Waals surface area contributed by atoms with Crippen LogP contribution in [0.4, 0.5) is 11.5 Å². The lowest BCUT2D eigenvalue weighted by molar-refractivity contribution is 0.403. The van der Waals surface area contributed by atoms with E-state index in [2.05, 4.69) is 25.6 Å². The van der Waals surface area contributed by atoms with Crippen LogP contribution >= 0.6 is 15.9 Å². The number of sulfonamides is 1. The number of pyridine rings is 1. The molecule has 1 aromatic heterocycles. The van der Waals surface area contributed by atoms with Gasteiger partial charge < -0.3 is 10.5 Å². The third kappa shape index (κ3) is 3.02. The molecule has 0 fully saturated rings. The fraction of sp³-hybridized carbons (Fsp3) is 0.0833. The average Bonchev–Trinajstić information content (AvgIpc) is 2.41. The van der Waals surface area contributed by atoms with E-state index in [4.69, 9.17) is 10.5 Å².